The van der Waals surface area contributed by atoms with E-state index in [-0.39, 0.29) is 18.5 Å². The Hall–Kier alpha value is -2.43. The van der Waals surface area contributed by atoms with E-state index in [4.69, 9.17) is 0 Å². The number of carboxylic acid groups (broad SMARTS) is 1. The van der Waals surface area contributed by atoms with Crippen molar-refractivity contribution in [2.45, 2.75) is 32.0 Å². The summed E-state index contributed by atoms with van der Waals surface area (Å²) >= 11 is 3.53. The zero-order valence-corrected chi connectivity index (χ0v) is 17.4. The monoisotopic (exact) mass is 437 g/mol. The lowest BCUT2D eigenvalue weighted by Gasteiger charge is -2.37. The lowest BCUT2D eigenvalue weighted by molar-refractivity contribution is -0.138. The minimum Gasteiger partial charge on any atom is -0.481 e. The highest BCUT2D eigenvalue weighted by molar-refractivity contribution is 9.10. The minimum absolute atomic E-state index is 0.0421. The predicted octanol–water partition coefficient (Wildman–Crippen LogP) is 6.23. The van der Waals surface area contributed by atoms with Gasteiger partial charge in [0.05, 0.1) is 6.42 Å². The first kappa shape index (κ1) is 20.3. The predicted molar refractivity (Wildman–Crippen MR) is 116 cm³/mol. The van der Waals surface area contributed by atoms with E-state index >= 15 is 0 Å². The summed E-state index contributed by atoms with van der Waals surface area (Å²) in [5, 5.41) is 9.64. The van der Waals surface area contributed by atoms with Crippen LogP contribution in [0.3, 0.4) is 0 Å². The number of halogens is 1. The van der Waals surface area contributed by atoms with Crippen LogP contribution in [0.4, 0.5) is 0 Å². The van der Waals surface area contributed by atoms with Gasteiger partial charge in [-0.1, -0.05) is 88.7 Å². The van der Waals surface area contributed by atoms with Crippen molar-refractivity contribution in [3.63, 3.8) is 0 Å². The Bertz CT molecular complexity index is 899. The Morgan fingerprint density at radius 3 is 2.14 bits per heavy atom. The van der Waals surface area contributed by atoms with E-state index in [1.165, 1.54) is 5.56 Å². The summed E-state index contributed by atoms with van der Waals surface area (Å²) in [6, 6.07) is 28.2. The van der Waals surface area contributed by atoms with Gasteiger partial charge in [0.2, 0.25) is 0 Å². The number of carboxylic acids is 1. The number of nitrogens with zero attached hydrogens (tertiary/aromatic N) is 1. The molecule has 0 aromatic heterocycles. The summed E-state index contributed by atoms with van der Waals surface area (Å²) in [5.74, 6) is -0.803. The van der Waals surface area contributed by atoms with Crippen molar-refractivity contribution in [2.75, 3.05) is 0 Å². The molecule has 1 N–H and O–H groups in total. The van der Waals surface area contributed by atoms with Gasteiger partial charge in [-0.3, -0.25) is 9.69 Å². The van der Waals surface area contributed by atoms with Crippen LogP contribution in [0.5, 0.6) is 0 Å². The Balaban J connectivity index is 2.03. The molecule has 0 aliphatic carbocycles. The number of benzene rings is 3. The first-order valence-electron chi connectivity index (χ1n) is 9.36. The van der Waals surface area contributed by atoms with Crippen LogP contribution in [0.15, 0.2) is 89.4 Å². The molecule has 2 atom stereocenters. The van der Waals surface area contributed by atoms with Crippen LogP contribution in [0.1, 0.15) is 42.1 Å². The maximum absolute atomic E-state index is 11.7. The molecule has 0 fully saturated rings. The first-order chi connectivity index (χ1) is 13.5. The molecule has 0 spiro atoms. The quantitative estimate of drug-likeness (QED) is 0.453. The molecular formula is C24H24BrNO2. The summed E-state index contributed by atoms with van der Waals surface area (Å²) in [4.78, 5) is 14.0. The smallest absolute Gasteiger partial charge is 0.305 e. The van der Waals surface area contributed by atoms with Crippen LogP contribution in [-0.2, 0) is 11.3 Å². The number of aliphatic carboxylic acids is 1. The van der Waals surface area contributed by atoms with E-state index in [1.807, 2.05) is 60.7 Å². The molecule has 1 unspecified atom stereocenters. The maximum Gasteiger partial charge on any atom is 0.305 e. The van der Waals surface area contributed by atoms with Crippen LogP contribution < -0.4 is 0 Å². The van der Waals surface area contributed by atoms with E-state index in [1.54, 1.807) is 0 Å². The van der Waals surface area contributed by atoms with Gasteiger partial charge in [-0.05, 0) is 35.7 Å². The van der Waals surface area contributed by atoms with E-state index in [9.17, 15) is 9.90 Å². The highest BCUT2D eigenvalue weighted by Crippen LogP contribution is 2.35. The molecule has 0 saturated carbocycles. The fraction of sp³-hybridized carbons (Fsp3) is 0.208. The Morgan fingerprint density at radius 2 is 1.54 bits per heavy atom. The van der Waals surface area contributed by atoms with Gasteiger partial charge in [0.1, 0.15) is 0 Å². The van der Waals surface area contributed by atoms with E-state index in [2.05, 4.69) is 52.0 Å². The second-order valence-electron chi connectivity index (χ2n) is 6.91. The zero-order valence-electron chi connectivity index (χ0n) is 15.8. The van der Waals surface area contributed by atoms with E-state index in [0.717, 1.165) is 15.6 Å². The minimum atomic E-state index is -0.803. The largest absolute Gasteiger partial charge is 0.481 e. The van der Waals surface area contributed by atoms with Crippen LogP contribution in [0.2, 0.25) is 0 Å². The van der Waals surface area contributed by atoms with Gasteiger partial charge in [0.15, 0.2) is 0 Å². The second kappa shape index (κ2) is 9.67. The topological polar surface area (TPSA) is 40.5 Å². The average molecular weight is 438 g/mol. The molecule has 144 valence electrons. The number of hydrogen-bond acceptors (Lipinski definition) is 2. The van der Waals surface area contributed by atoms with Gasteiger partial charge in [-0.2, -0.15) is 0 Å². The lowest BCUT2D eigenvalue weighted by Crippen LogP contribution is -2.32. The summed E-state index contributed by atoms with van der Waals surface area (Å²) in [5.41, 5.74) is 3.33. The molecule has 0 heterocycles. The lowest BCUT2D eigenvalue weighted by atomic mass is 9.96. The maximum atomic E-state index is 11.7. The number of hydrogen-bond donors (Lipinski definition) is 1. The van der Waals surface area contributed by atoms with Gasteiger partial charge in [0.25, 0.3) is 0 Å². The molecule has 4 heteroatoms. The molecule has 28 heavy (non-hydrogen) atoms. The molecule has 0 aliphatic heterocycles. The highest BCUT2D eigenvalue weighted by Gasteiger charge is 2.28. The normalized spacial score (nSPS) is 13.2. The van der Waals surface area contributed by atoms with Crippen molar-refractivity contribution in [3.8, 4) is 0 Å². The van der Waals surface area contributed by atoms with Gasteiger partial charge in [0, 0.05) is 23.1 Å². The standard InChI is InChI=1S/C24H24BrNO2/c1-18(20-11-6-3-7-12-20)26(17-19-9-4-2-5-10-19)23(16-24(27)28)21-13-8-14-22(25)15-21/h2-15,18,23H,16-17H2,1H3,(H,27,28)/t18-,23?/m1/s1. The highest BCUT2D eigenvalue weighted by atomic mass is 79.9. The van der Waals surface area contributed by atoms with Gasteiger partial charge < -0.3 is 5.11 Å². The van der Waals surface area contributed by atoms with Crippen molar-refractivity contribution >= 4 is 21.9 Å². The SMILES string of the molecule is C[C@H](c1ccccc1)N(Cc1ccccc1)C(CC(=O)O)c1cccc(Br)c1. The molecule has 3 aromatic carbocycles. The molecule has 3 rings (SSSR count). The third-order valence-corrected chi connectivity index (χ3v) is 5.48. The summed E-state index contributed by atoms with van der Waals surface area (Å²) < 4.78 is 0.951. The van der Waals surface area contributed by atoms with Crippen molar-refractivity contribution in [1.82, 2.24) is 4.90 Å². The van der Waals surface area contributed by atoms with Crippen LogP contribution in [0, 0.1) is 0 Å². The van der Waals surface area contributed by atoms with Gasteiger partial charge >= 0.3 is 5.97 Å². The van der Waals surface area contributed by atoms with Crippen molar-refractivity contribution < 1.29 is 9.90 Å². The van der Waals surface area contributed by atoms with Gasteiger partial charge in [-0.25, -0.2) is 0 Å². The van der Waals surface area contributed by atoms with Crippen LogP contribution in [0.25, 0.3) is 0 Å². The van der Waals surface area contributed by atoms with Crippen molar-refractivity contribution in [2.24, 2.45) is 0 Å². The van der Waals surface area contributed by atoms with E-state index in [0.29, 0.717) is 6.54 Å². The molecule has 0 bridgehead atoms. The third-order valence-electron chi connectivity index (χ3n) is 4.99. The number of carbonyl (C=O) groups is 1. The Labute approximate surface area is 174 Å². The molecule has 0 aliphatic rings. The second-order valence-corrected chi connectivity index (χ2v) is 7.83. The van der Waals surface area contributed by atoms with Crippen molar-refractivity contribution in [1.29, 1.82) is 0 Å². The molecule has 0 radical (unpaired) electrons. The first-order valence-corrected chi connectivity index (χ1v) is 10.2. The molecule has 3 nitrogen and oxygen atoms in total. The van der Waals surface area contributed by atoms with Crippen LogP contribution >= 0.6 is 15.9 Å². The zero-order chi connectivity index (χ0) is 19.9. The fourth-order valence-electron chi connectivity index (χ4n) is 3.54. The summed E-state index contributed by atoms with van der Waals surface area (Å²) in [6.45, 7) is 2.81. The molecule has 0 saturated heterocycles. The Morgan fingerprint density at radius 1 is 0.929 bits per heavy atom. The van der Waals surface area contributed by atoms with Gasteiger partial charge in [-0.15, -0.1) is 0 Å². The number of rotatable bonds is 8. The summed E-state index contributed by atoms with van der Waals surface area (Å²) in [7, 11) is 0. The average Bonchev–Trinajstić information content (AvgIpc) is 2.71. The Kier molecular flexibility index (Phi) is 7.01. The third kappa shape index (κ3) is 5.31. The summed E-state index contributed by atoms with van der Waals surface area (Å²) in [6.07, 6.45) is 0.0421. The fourth-order valence-corrected chi connectivity index (χ4v) is 3.96. The molecular weight excluding hydrogens is 414 g/mol. The van der Waals surface area contributed by atoms with Crippen LogP contribution in [-0.4, -0.2) is 16.0 Å². The van der Waals surface area contributed by atoms with E-state index < -0.39 is 5.97 Å². The molecule has 3 aromatic rings. The molecule has 0 amide bonds. The van der Waals surface area contributed by atoms with Crippen molar-refractivity contribution in [3.05, 3.63) is 106 Å².